The lowest BCUT2D eigenvalue weighted by molar-refractivity contribution is 0.622. The Balaban J connectivity index is 2.35. The van der Waals surface area contributed by atoms with Crippen molar-refractivity contribution in [2.75, 3.05) is 5.32 Å². The SMILES string of the molecule is [C-]#[N+]c1ccc(Nc2nccc(Cl)c2F)c(F)c1. The van der Waals surface area contributed by atoms with Crippen molar-refractivity contribution >= 4 is 28.8 Å². The minimum Gasteiger partial charge on any atom is -0.335 e. The van der Waals surface area contributed by atoms with Gasteiger partial charge in [-0.25, -0.2) is 18.6 Å². The van der Waals surface area contributed by atoms with Crippen LogP contribution in [-0.4, -0.2) is 4.98 Å². The zero-order valence-corrected chi connectivity index (χ0v) is 9.67. The van der Waals surface area contributed by atoms with Crippen molar-refractivity contribution in [2.45, 2.75) is 0 Å². The van der Waals surface area contributed by atoms with Crippen LogP contribution in [0.3, 0.4) is 0 Å². The Morgan fingerprint density at radius 2 is 2.06 bits per heavy atom. The van der Waals surface area contributed by atoms with Crippen molar-refractivity contribution in [3.63, 3.8) is 0 Å². The number of nitrogens with one attached hydrogen (secondary N) is 1. The highest BCUT2D eigenvalue weighted by Gasteiger charge is 2.10. The molecule has 1 aromatic heterocycles. The molecule has 1 N–H and O–H groups in total. The van der Waals surface area contributed by atoms with E-state index in [4.69, 9.17) is 18.2 Å². The Hall–Kier alpha value is -2.19. The highest BCUT2D eigenvalue weighted by atomic mass is 35.5. The summed E-state index contributed by atoms with van der Waals surface area (Å²) in [6.07, 6.45) is 1.30. The van der Waals surface area contributed by atoms with Crippen LogP contribution in [0.5, 0.6) is 0 Å². The molecular formula is C12H6ClF2N3. The molecule has 0 aliphatic heterocycles. The standard InChI is InChI=1S/C12H6ClF2N3/c1-16-7-2-3-10(9(14)6-7)18-12-11(15)8(13)4-5-17-12/h2-6H,(H,17,18). The summed E-state index contributed by atoms with van der Waals surface area (Å²) in [7, 11) is 0. The normalized spacial score (nSPS) is 9.89. The molecule has 0 radical (unpaired) electrons. The van der Waals surface area contributed by atoms with Crippen molar-refractivity contribution in [3.8, 4) is 0 Å². The van der Waals surface area contributed by atoms with E-state index in [-0.39, 0.29) is 22.2 Å². The number of hydrogen-bond donors (Lipinski definition) is 1. The molecule has 2 aromatic rings. The van der Waals surface area contributed by atoms with Gasteiger partial charge in [-0.2, -0.15) is 0 Å². The second kappa shape index (κ2) is 4.98. The molecule has 6 heteroatoms. The highest BCUT2D eigenvalue weighted by Crippen LogP contribution is 2.26. The molecule has 0 amide bonds. The molecule has 0 spiro atoms. The van der Waals surface area contributed by atoms with Crippen LogP contribution in [0, 0.1) is 18.2 Å². The average molecular weight is 266 g/mol. The molecule has 0 unspecified atom stereocenters. The molecule has 0 saturated carbocycles. The Bertz CT molecular complexity index is 638. The van der Waals surface area contributed by atoms with Crippen LogP contribution in [-0.2, 0) is 0 Å². The molecule has 1 heterocycles. The van der Waals surface area contributed by atoms with Gasteiger partial charge in [-0.05, 0) is 18.2 Å². The molecule has 0 atom stereocenters. The fourth-order valence-electron chi connectivity index (χ4n) is 1.31. The molecule has 1 aromatic carbocycles. The first-order valence-electron chi connectivity index (χ1n) is 4.86. The van der Waals surface area contributed by atoms with Gasteiger partial charge in [-0.3, -0.25) is 0 Å². The van der Waals surface area contributed by atoms with Crippen molar-refractivity contribution in [1.82, 2.24) is 4.98 Å². The number of benzene rings is 1. The van der Waals surface area contributed by atoms with Gasteiger partial charge in [-0.1, -0.05) is 17.7 Å². The highest BCUT2D eigenvalue weighted by molar-refractivity contribution is 6.30. The summed E-state index contributed by atoms with van der Waals surface area (Å²) in [5.41, 5.74) is 0.189. The van der Waals surface area contributed by atoms with Gasteiger partial charge in [0.05, 0.1) is 17.3 Å². The first-order valence-corrected chi connectivity index (χ1v) is 5.23. The van der Waals surface area contributed by atoms with Crippen LogP contribution >= 0.6 is 11.6 Å². The van der Waals surface area contributed by atoms with E-state index >= 15 is 0 Å². The number of pyridine rings is 1. The second-order valence-corrected chi connectivity index (χ2v) is 3.76. The van der Waals surface area contributed by atoms with Gasteiger partial charge in [0.15, 0.2) is 17.3 Å². The van der Waals surface area contributed by atoms with Crippen molar-refractivity contribution < 1.29 is 8.78 Å². The molecule has 18 heavy (non-hydrogen) atoms. The zero-order valence-electron chi connectivity index (χ0n) is 8.92. The number of aromatic nitrogens is 1. The Morgan fingerprint density at radius 1 is 1.28 bits per heavy atom. The predicted molar refractivity (Wildman–Crippen MR) is 65.1 cm³/mol. The van der Waals surface area contributed by atoms with Crippen LogP contribution in [0.1, 0.15) is 0 Å². The largest absolute Gasteiger partial charge is 0.335 e. The van der Waals surface area contributed by atoms with E-state index in [9.17, 15) is 8.78 Å². The third kappa shape index (κ3) is 2.39. The van der Waals surface area contributed by atoms with Crippen LogP contribution in [0.25, 0.3) is 4.85 Å². The molecule has 0 aliphatic carbocycles. The number of hydrogen-bond acceptors (Lipinski definition) is 2. The summed E-state index contributed by atoms with van der Waals surface area (Å²) in [6, 6.07) is 5.10. The van der Waals surface area contributed by atoms with E-state index in [1.54, 1.807) is 0 Å². The minimum absolute atomic E-state index is 0.0241. The van der Waals surface area contributed by atoms with E-state index in [0.717, 1.165) is 6.07 Å². The van der Waals surface area contributed by atoms with Gasteiger partial charge >= 0.3 is 0 Å². The van der Waals surface area contributed by atoms with E-state index < -0.39 is 11.6 Å². The molecule has 0 fully saturated rings. The summed E-state index contributed by atoms with van der Waals surface area (Å²) in [5.74, 6) is -1.59. The maximum atomic E-state index is 13.6. The fourth-order valence-corrected chi connectivity index (χ4v) is 1.46. The molecule has 90 valence electrons. The van der Waals surface area contributed by atoms with Gasteiger partial charge in [0.1, 0.15) is 5.82 Å². The van der Waals surface area contributed by atoms with E-state index in [2.05, 4.69) is 15.1 Å². The quantitative estimate of drug-likeness (QED) is 0.820. The predicted octanol–water partition coefficient (Wildman–Crippen LogP) is 4.31. The maximum Gasteiger partial charge on any atom is 0.190 e. The van der Waals surface area contributed by atoms with Gasteiger partial charge < -0.3 is 5.32 Å². The summed E-state index contributed by atoms with van der Waals surface area (Å²) in [5, 5.41) is 2.38. The third-order valence-electron chi connectivity index (χ3n) is 2.18. The second-order valence-electron chi connectivity index (χ2n) is 3.36. The molecule has 3 nitrogen and oxygen atoms in total. The van der Waals surface area contributed by atoms with Gasteiger partial charge in [0.2, 0.25) is 0 Å². The zero-order chi connectivity index (χ0) is 13.1. The van der Waals surface area contributed by atoms with Crippen molar-refractivity contribution in [2.24, 2.45) is 0 Å². The summed E-state index contributed by atoms with van der Waals surface area (Å²) < 4.78 is 27.1. The topological polar surface area (TPSA) is 29.3 Å². The van der Waals surface area contributed by atoms with Gasteiger partial charge in [0, 0.05) is 6.20 Å². The number of nitrogens with zero attached hydrogens (tertiary/aromatic N) is 2. The van der Waals surface area contributed by atoms with Crippen LogP contribution in [0.15, 0.2) is 30.5 Å². The Morgan fingerprint density at radius 3 is 2.72 bits per heavy atom. The van der Waals surface area contributed by atoms with E-state index in [0.29, 0.717) is 0 Å². The third-order valence-corrected chi connectivity index (χ3v) is 2.47. The molecule has 0 saturated heterocycles. The smallest absolute Gasteiger partial charge is 0.190 e. The van der Waals surface area contributed by atoms with Crippen LogP contribution in [0.2, 0.25) is 5.02 Å². The van der Waals surface area contributed by atoms with Crippen molar-refractivity contribution in [3.05, 3.63) is 58.5 Å². The molecular weight excluding hydrogens is 260 g/mol. The summed E-state index contributed by atoms with van der Waals surface area (Å²) >= 11 is 5.58. The molecule has 0 bridgehead atoms. The lowest BCUT2D eigenvalue weighted by atomic mass is 10.2. The molecule has 0 aliphatic rings. The minimum atomic E-state index is -0.757. The molecule has 2 rings (SSSR count). The fraction of sp³-hybridized carbons (Fsp3) is 0. The lowest BCUT2D eigenvalue weighted by Gasteiger charge is -2.08. The summed E-state index contributed by atoms with van der Waals surface area (Å²) in [4.78, 5) is 6.80. The first kappa shape index (κ1) is 12.3. The van der Waals surface area contributed by atoms with Crippen LogP contribution in [0.4, 0.5) is 26.0 Å². The average Bonchev–Trinajstić information content (AvgIpc) is 2.37. The van der Waals surface area contributed by atoms with Crippen molar-refractivity contribution in [1.29, 1.82) is 0 Å². The Labute approximate surface area is 107 Å². The number of rotatable bonds is 2. The van der Waals surface area contributed by atoms with Crippen LogP contribution < -0.4 is 5.32 Å². The van der Waals surface area contributed by atoms with E-state index in [1.165, 1.54) is 24.4 Å². The monoisotopic (exact) mass is 265 g/mol. The number of halogens is 3. The van der Waals surface area contributed by atoms with Gasteiger partial charge in [-0.15, -0.1) is 0 Å². The summed E-state index contributed by atoms with van der Waals surface area (Å²) in [6.45, 7) is 6.74. The van der Waals surface area contributed by atoms with Gasteiger partial charge in [0.25, 0.3) is 0 Å². The lowest BCUT2D eigenvalue weighted by Crippen LogP contribution is -1.99. The van der Waals surface area contributed by atoms with E-state index in [1.807, 2.05) is 0 Å². The number of anilines is 2. The first-order chi connectivity index (χ1) is 8.61. The Kier molecular flexibility index (Phi) is 3.40. The maximum absolute atomic E-state index is 13.6.